The van der Waals surface area contributed by atoms with Gasteiger partial charge in [-0.15, -0.1) is 14.8 Å². The zero-order valence-electron chi connectivity index (χ0n) is 7.80. The molecule has 0 fully saturated rings. The van der Waals surface area contributed by atoms with Gasteiger partial charge < -0.3 is 5.32 Å². The molecule has 2 rings (SSSR count). The SMILES string of the molecule is C=C(C)CNc1ccc2nnnn2n1. The van der Waals surface area contributed by atoms with Crippen LogP contribution in [0.3, 0.4) is 0 Å². The van der Waals surface area contributed by atoms with Crippen LogP contribution in [0.1, 0.15) is 6.92 Å². The molecule has 0 aliphatic rings. The maximum Gasteiger partial charge on any atom is 0.200 e. The van der Waals surface area contributed by atoms with E-state index in [1.54, 1.807) is 6.07 Å². The molecule has 1 N–H and O–H groups in total. The van der Waals surface area contributed by atoms with Crippen LogP contribution in [0.5, 0.6) is 0 Å². The Labute approximate surface area is 80.6 Å². The van der Waals surface area contributed by atoms with Crippen molar-refractivity contribution in [2.24, 2.45) is 0 Å². The van der Waals surface area contributed by atoms with Crippen molar-refractivity contribution >= 4 is 11.5 Å². The summed E-state index contributed by atoms with van der Waals surface area (Å²) >= 11 is 0. The summed E-state index contributed by atoms with van der Waals surface area (Å²) < 4.78 is 1.38. The number of nitrogens with zero attached hydrogens (tertiary/aromatic N) is 5. The van der Waals surface area contributed by atoms with E-state index in [1.165, 1.54) is 4.63 Å². The van der Waals surface area contributed by atoms with Crippen molar-refractivity contribution in [3.05, 3.63) is 24.3 Å². The summed E-state index contributed by atoms with van der Waals surface area (Å²) in [6, 6.07) is 3.63. The van der Waals surface area contributed by atoms with Gasteiger partial charge in [0, 0.05) is 6.54 Å². The molecule has 0 amide bonds. The van der Waals surface area contributed by atoms with Crippen LogP contribution in [0.25, 0.3) is 5.65 Å². The van der Waals surface area contributed by atoms with E-state index in [0.29, 0.717) is 12.2 Å². The second kappa shape index (κ2) is 3.41. The molecule has 6 nitrogen and oxygen atoms in total. The van der Waals surface area contributed by atoms with E-state index in [-0.39, 0.29) is 0 Å². The third-order valence-corrected chi connectivity index (χ3v) is 1.64. The molecule has 0 bridgehead atoms. The molecule has 2 aromatic heterocycles. The number of hydrogen-bond donors (Lipinski definition) is 1. The van der Waals surface area contributed by atoms with Crippen molar-refractivity contribution in [1.29, 1.82) is 0 Å². The Hall–Kier alpha value is -1.98. The van der Waals surface area contributed by atoms with Crippen LogP contribution in [0, 0.1) is 0 Å². The predicted molar refractivity (Wildman–Crippen MR) is 51.9 cm³/mol. The van der Waals surface area contributed by atoms with E-state index in [9.17, 15) is 0 Å². The second-order valence-corrected chi connectivity index (χ2v) is 3.06. The maximum absolute atomic E-state index is 4.14. The molecule has 2 aromatic rings. The van der Waals surface area contributed by atoms with E-state index >= 15 is 0 Å². The first-order chi connectivity index (χ1) is 6.75. The Balaban J connectivity index is 2.21. The first kappa shape index (κ1) is 8.61. The maximum atomic E-state index is 4.14. The molecule has 0 aliphatic heterocycles. The minimum atomic E-state index is 0.630. The molecule has 2 heterocycles. The van der Waals surface area contributed by atoms with Gasteiger partial charge in [-0.1, -0.05) is 12.2 Å². The Bertz CT molecular complexity index is 460. The fourth-order valence-electron chi connectivity index (χ4n) is 0.985. The molecule has 0 radical (unpaired) electrons. The summed E-state index contributed by atoms with van der Waals surface area (Å²) in [4.78, 5) is 0. The number of rotatable bonds is 3. The fourth-order valence-corrected chi connectivity index (χ4v) is 0.985. The Morgan fingerprint density at radius 3 is 3.21 bits per heavy atom. The lowest BCUT2D eigenvalue weighted by Crippen LogP contribution is -2.06. The van der Waals surface area contributed by atoms with Gasteiger partial charge in [0.15, 0.2) is 5.65 Å². The molecular formula is C8H10N6. The molecule has 0 saturated heterocycles. The van der Waals surface area contributed by atoms with Crippen LogP contribution in [-0.4, -0.2) is 31.8 Å². The highest BCUT2D eigenvalue weighted by molar-refractivity contribution is 5.42. The highest BCUT2D eigenvalue weighted by Gasteiger charge is 1.99. The first-order valence-corrected chi connectivity index (χ1v) is 4.19. The number of nitrogens with one attached hydrogen (secondary N) is 1. The van der Waals surface area contributed by atoms with Gasteiger partial charge in [0.05, 0.1) is 0 Å². The molecule has 14 heavy (non-hydrogen) atoms. The van der Waals surface area contributed by atoms with E-state index in [4.69, 9.17) is 0 Å². The molecule has 0 aromatic carbocycles. The largest absolute Gasteiger partial charge is 0.365 e. The smallest absolute Gasteiger partial charge is 0.200 e. The molecule has 0 unspecified atom stereocenters. The number of aromatic nitrogens is 5. The third-order valence-electron chi connectivity index (χ3n) is 1.64. The lowest BCUT2D eigenvalue weighted by atomic mass is 10.3. The van der Waals surface area contributed by atoms with Gasteiger partial charge in [-0.2, -0.15) is 0 Å². The number of tetrazole rings is 1. The lowest BCUT2D eigenvalue weighted by Gasteiger charge is -2.03. The molecule has 6 heteroatoms. The predicted octanol–water partition coefficient (Wildman–Crippen LogP) is 0.507. The van der Waals surface area contributed by atoms with Crippen molar-refractivity contribution in [1.82, 2.24) is 25.3 Å². The Morgan fingerprint density at radius 1 is 1.57 bits per heavy atom. The summed E-state index contributed by atoms with van der Waals surface area (Å²) in [5.41, 5.74) is 1.68. The van der Waals surface area contributed by atoms with E-state index in [1.807, 2.05) is 13.0 Å². The van der Waals surface area contributed by atoms with E-state index in [2.05, 4.69) is 32.5 Å². The highest BCUT2D eigenvalue weighted by atomic mass is 15.6. The topological polar surface area (TPSA) is 68.0 Å². The number of fused-ring (bicyclic) bond motifs is 1. The Kier molecular flexibility index (Phi) is 2.10. The van der Waals surface area contributed by atoms with Crippen LogP contribution >= 0.6 is 0 Å². The quantitative estimate of drug-likeness (QED) is 0.714. The van der Waals surface area contributed by atoms with Gasteiger partial charge in [-0.25, -0.2) is 0 Å². The lowest BCUT2D eigenvalue weighted by molar-refractivity contribution is 0.735. The van der Waals surface area contributed by atoms with Crippen LogP contribution in [0.15, 0.2) is 24.3 Å². The van der Waals surface area contributed by atoms with Gasteiger partial charge in [0.25, 0.3) is 0 Å². The molecule has 0 aliphatic carbocycles. The third kappa shape index (κ3) is 1.68. The molecule has 0 atom stereocenters. The van der Waals surface area contributed by atoms with Crippen molar-refractivity contribution in [2.45, 2.75) is 6.92 Å². The monoisotopic (exact) mass is 190 g/mol. The minimum absolute atomic E-state index is 0.630. The zero-order valence-corrected chi connectivity index (χ0v) is 7.80. The van der Waals surface area contributed by atoms with Gasteiger partial charge in [-0.05, 0) is 29.5 Å². The zero-order chi connectivity index (χ0) is 9.97. The van der Waals surface area contributed by atoms with Crippen LogP contribution in [0.4, 0.5) is 5.82 Å². The van der Waals surface area contributed by atoms with Gasteiger partial charge in [-0.3, -0.25) is 0 Å². The molecule has 72 valence electrons. The van der Waals surface area contributed by atoms with E-state index < -0.39 is 0 Å². The standard InChI is InChI=1S/C8H10N6/c1-6(2)5-9-7-3-4-8-10-12-13-14(8)11-7/h3-4H,1,5H2,2H3,(H,9,11). The molecule has 0 spiro atoms. The normalized spacial score (nSPS) is 10.4. The summed E-state index contributed by atoms with van der Waals surface area (Å²) in [6.07, 6.45) is 0. The van der Waals surface area contributed by atoms with Gasteiger partial charge in [0.2, 0.25) is 0 Å². The van der Waals surface area contributed by atoms with Crippen LogP contribution in [0.2, 0.25) is 0 Å². The summed E-state index contributed by atoms with van der Waals surface area (Å²) in [7, 11) is 0. The first-order valence-electron chi connectivity index (χ1n) is 4.19. The van der Waals surface area contributed by atoms with Crippen molar-refractivity contribution < 1.29 is 0 Å². The fraction of sp³-hybridized carbons (Fsp3) is 0.250. The van der Waals surface area contributed by atoms with Crippen LogP contribution < -0.4 is 5.32 Å². The number of anilines is 1. The average Bonchev–Trinajstić information content (AvgIpc) is 2.61. The van der Waals surface area contributed by atoms with Crippen molar-refractivity contribution in [3.63, 3.8) is 0 Å². The highest BCUT2D eigenvalue weighted by Crippen LogP contribution is 2.03. The van der Waals surface area contributed by atoms with Crippen molar-refractivity contribution in [3.8, 4) is 0 Å². The molecule has 0 saturated carbocycles. The average molecular weight is 190 g/mol. The molecular weight excluding hydrogens is 180 g/mol. The van der Waals surface area contributed by atoms with Crippen LogP contribution in [-0.2, 0) is 0 Å². The van der Waals surface area contributed by atoms with Crippen molar-refractivity contribution in [2.75, 3.05) is 11.9 Å². The van der Waals surface area contributed by atoms with E-state index in [0.717, 1.165) is 11.4 Å². The Morgan fingerprint density at radius 2 is 2.43 bits per heavy atom. The summed E-state index contributed by atoms with van der Waals surface area (Å²) in [6.45, 7) is 6.43. The second-order valence-electron chi connectivity index (χ2n) is 3.06. The van der Waals surface area contributed by atoms with Gasteiger partial charge in [0.1, 0.15) is 5.82 Å². The summed E-state index contributed by atoms with van der Waals surface area (Å²) in [5.74, 6) is 0.729. The minimum Gasteiger partial charge on any atom is -0.365 e. The van der Waals surface area contributed by atoms with Gasteiger partial charge >= 0.3 is 0 Å². The number of hydrogen-bond acceptors (Lipinski definition) is 5. The summed E-state index contributed by atoms with van der Waals surface area (Å²) in [5, 5.41) is 18.2.